The number of carbonyl (C=O) groups is 1. The fraction of sp³-hybridized carbons (Fsp3) is 0.290. The second kappa shape index (κ2) is 13.4. The molecule has 1 aliphatic heterocycles. The van der Waals surface area contributed by atoms with Crippen LogP contribution in [0.2, 0.25) is 0 Å². The van der Waals surface area contributed by atoms with Crippen molar-refractivity contribution in [1.82, 2.24) is 4.90 Å². The van der Waals surface area contributed by atoms with Gasteiger partial charge in [-0.25, -0.2) is 0 Å². The van der Waals surface area contributed by atoms with Crippen LogP contribution < -0.4 is 5.43 Å². The first-order valence-corrected chi connectivity index (χ1v) is 12.5. The summed E-state index contributed by atoms with van der Waals surface area (Å²) in [7, 11) is 4.10. The number of hydrogen-bond donors (Lipinski definition) is 1. The van der Waals surface area contributed by atoms with Gasteiger partial charge in [0, 0.05) is 31.5 Å². The molecule has 0 aromatic heterocycles. The molecule has 3 aromatic rings. The Labute approximate surface area is 215 Å². The number of hydrazone groups is 1. The summed E-state index contributed by atoms with van der Waals surface area (Å²) in [6, 6.07) is 28.5. The van der Waals surface area contributed by atoms with Gasteiger partial charge >= 0.3 is 5.97 Å². The van der Waals surface area contributed by atoms with Crippen LogP contribution in [-0.2, 0) is 21.6 Å². The highest BCUT2D eigenvalue weighted by molar-refractivity contribution is 5.83. The first-order valence-electron chi connectivity index (χ1n) is 12.5. The van der Waals surface area contributed by atoms with Crippen molar-refractivity contribution in [3.63, 3.8) is 0 Å². The average molecular weight is 484 g/mol. The highest BCUT2D eigenvalue weighted by atomic mass is 16.6. The van der Waals surface area contributed by atoms with E-state index in [4.69, 9.17) is 4.74 Å². The normalized spacial score (nSPS) is 14.4. The lowest BCUT2D eigenvalue weighted by atomic mass is 9.77. The summed E-state index contributed by atoms with van der Waals surface area (Å²) in [5.41, 5.74) is 6.69. The maximum atomic E-state index is 12.3. The van der Waals surface area contributed by atoms with Gasteiger partial charge in [-0.15, -0.1) is 0 Å². The molecule has 0 fully saturated rings. The first kappa shape index (κ1) is 26.9. The van der Waals surface area contributed by atoms with Crippen LogP contribution in [0.3, 0.4) is 0 Å². The van der Waals surface area contributed by atoms with Crippen LogP contribution in [0.5, 0.6) is 0 Å². The van der Waals surface area contributed by atoms with Gasteiger partial charge in [-0.2, -0.15) is 5.10 Å². The molecule has 0 saturated carbocycles. The van der Waals surface area contributed by atoms with Gasteiger partial charge in [-0.3, -0.25) is 10.2 Å². The number of anilines is 1. The molecular weight excluding hydrogens is 446 g/mol. The number of fused-ring (bicyclic) bond motifs is 1. The van der Waals surface area contributed by atoms with E-state index in [1.165, 1.54) is 11.1 Å². The molecule has 0 amide bonds. The van der Waals surface area contributed by atoms with Crippen LogP contribution in [0, 0.1) is 5.92 Å². The Morgan fingerprint density at radius 3 is 2.28 bits per heavy atom. The highest BCUT2D eigenvalue weighted by Gasteiger charge is 2.42. The van der Waals surface area contributed by atoms with E-state index in [0.29, 0.717) is 12.8 Å². The van der Waals surface area contributed by atoms with Gasteiger partial charge < -0.3 is 9.64 Å². The fourth-order valence-electron chi connectivity index (χ4n) is 4.39. The van der Waals surface area contributed by atoms with Crippen molar-refractivity contribution in [2.24, 2.45) is 11.0 Å². The Hall–Kier alpha value is -3.70. The maximum Gasteiger partial charge on any atom is 0.306 e. The first-order chi connectivity index (χ1) is 17.4. The Morgan fingerprint density at radius 2 is 1.61 bits per heavy atom. The number of nitrogens with one attached hydrogen (secondary N) is 1. The quantitative estimate of drug-likeness (QED) is 0.377. The number of ether oxygens (including phenoxy) is 1. The molecule has 1 aliphatic rings. The summed E-state index contributed by atoms with van der Waals surface area (Å²) in [4.78, 5) is 14.5. The summed E-state index contributed by atoms with van der Waals surface area (Å²) >= 11 is 0. The minimum absolute atomic E-state index is 0.139. The molecule has 4 rings (SSSR count). The number of carbonyl (C=O) groups excluding carboxylic acids is 1. The lowest BCUT2D eigenvalue weighted by Gasteiger charge is -2.40. The number of allylic oxidation sites excluding steroid dienone is 1. The Morgan fingerprint density at radius 1 is 0.972 bits per heavy atom. The van der Waals surface area contributed by atoms with Gasteiger partial charge in [0.2, 0.25) is 0 Å². The molecule has 0 bridgehead atoms. The molecule has 2 atom stereocenters. The third-order valence-corrected chi connectivity index (χ3v) is 6.17. The van der Waals surface area contributed by atoms with Gasteiger partial charge in [0.1, 0.15) is 5.60 Å². The van der Waals surface area contributed by atoms with Gasteiger partial charge in [0.25, 0.3) is 0 Å². The zero-order chi connectivity index (χ0) is 25.8. The van der Waals surface area contributed by atoms with Crippen molar-refractivity contribution in [1.29, 1.82) is 0 Å². The summed E-state index contributed by atoms with van der Waals surface area (Å²) in [5, 5.41) is 3.95. The Kier molecular flexibility index (Phi) is 10.0. The second-order valence-electron chi connectivity index (χ2n) is 9.25. The molecule has 1 N–H and O–H groups in total. The van der Waals surface area contributed by atoms with E-state index in [1.807, 2.05) is 79.7 Å². The smallest absolute Gasteiger partial charge is 0.306 e. The van der Waals surface area contributed by atoms with Crippen molar-refractivity contribution in [2.75, 3.05) is 26.1 Å². The molecule has 3 aromatic carbocycles. The fourth-order valence-corrected chi connectivity index (χ4v) is 4.39. The Bertz CT molecular complexity index is 1140. The van der Waals surface area contributed by atoms with Crippen LogP contribution in [-0.4, -0.2) is 37.7 Å². The minimum atomic E-state index is -0.681. The molecule has 0 spiro atoms. The summed E-state index contributed by atoms with van der Waals surface area (Å²) < 4.78 is 6.17. The van der Waals surface area contributed by atoms with Gasteiger partial charge in [-0.05, 0) is 42.9 Å². The number of nitrogens with zero attached hydrogens (tertiary/aromatic N) is 2. The number of esters is 1. The number of para-hydroxylation sites is 1. The van der Waals surface area contributed by atoms with Crippen molar-refractivity contribution >= 4 is 23.9 Å². The van der Waals surface area contributed by atoms with Gasteiger partial charge in [0.05, 0.1) is 5.69 Å². The molecule has 0 radical (unpaired) electrons. The van der Waals surface area contributed by atoms with E-state index in [-0.39, 0.29) is 11.9 Å². The van der Waals surface area contributed by atoms with E-state index >= 15 is 0 Å². The summed E-state index contributed by atoms with van der Waals surface area (Å²) in [5.74, 6) is -0.0222. The summed E-state index contributed by atoms with van der Waals surface area (Å²) in [6.07, 6.45) is 6.72. The van der Waals surface area contributed by atoms with Crippen molar-refractivity contribution < 1.29 is 9.53 Å². The van der Waals surface area contributed by atoms with Crippen LogP contribution >= 0.6 is 0 Å². The molecule has 5 heteroatoms. The standard InChI is InChI=1S/C22H29NO2.C9H8N2/c1-5-21(24)25-22(18(2)17-23(3)4,20-14-10-7-11-15-20)16-19-12-8-6-9-13-19;1-2-6-9-8(4-1)5-3-7-10-11-9/h6-15,18H,5,16-17H2,1-4H3;1-7,11H/t18-,22+;/m1./s1. The van der Waals surface area contributed by atoms with E-state index in [2.05, 4.69) is 60.7 Å². The molecule has 36 heavy (non-hydrogen) atoms. The third kappa shape index (κ3) is 7.40. The van der Waals surface area contributed by atoms with Gasteiger partial charge in [0.15, 0.2) is 0 Å². The lowest BCUT2D eigenvalue weighted by Crippen LogP contribution is -2.44. The van der Waals surface area contributed by atoms with Crippen molar-refractivity contribution in [3.8, 4) is 0 Å². The zero-order valence-corrected chi connectivity index (χ0v) is 21.7. The van der Waals surface area contributed by atoms with Crippen LogP contribution in [0.4, 0.5) is 5.69 Å². The van der Waals surface area contributed by atoms with Gasteiger partial charge in [-0.1, -0.05) is 98.8 Å². The minimum Gasteiger partial charge on any atom is -0.453 e. The molecule has 5 nitrogen and oxygen atoms in total. The molecule has 0 unspecified atom stereocenters. The van der Waals surface area contributed by atoms with Crippen molar-refractivity contribution in [2.45, 2.75) is 32.3 Å². The van der Waals surface area contributed by atoms with Crippen LogP contribution in [0.25, 0.3) is 6.08 Å². The average Bonchev–Trinajstić information content (AvgIpc) is 3.15. The van der Waals surface area contributed by atoms with E-state index in [1.54, 1.807) is 6.21 Å². The zero-order valence-electron chi connectivity index (χ0n) is 21.7. The topological polar surface area (TPSA) is 53.9 Å². The molecule has 0 saturated heterocycles. The monoisotopic (exact) mass is 483 g/mol. The number of benzene rings is 3. The predicted octanol–water partition coefficient (Wildman–Crippen LogP) is 6.39. The largest absolute Gasteiger partial charge is 0.453 e. The van der Waals surface area contributed by atoms with E-state index in [9.17, 15) is 4.79 Å². The second-order valence-corrected chi connectivity index (χ2v) is 9.25. The molecule has 0 aliphatic carbocycles. The van der Waals surface area contributed by atoms with E-state index < -0.39 is 5.60 Å². The molecule has 1 heterocycles. The van der Waals surface area contributed by atoms with Crippen molar-refractivity contribution in [3.05, 3.63) is 108 Å². The maximum absolute atomic E-state index is 12.3. The number of hydrogen-bond acceptors (Lipinski definition) is 5. The molecular formula is C31H37N3O2. The van der Waals surface area contributed by atoms with E-state index in [0.717, 1.165) is 17.8 Å². The molecule has 188 valence electrons. The predicted molar refractivity (Wildman–Crippen MR) is 150 cm³/mol. The van der Waals surface area contributed by atoms with Crippen LogP contribution in [0.1, 0.15) is 37.0 Å². The Balaban J connectivity index is 0.000000270. The highest BCUT2D eigenvalue weighted by Crippen LogP contribution is 2.38. The summed E-state index contributed by atoms with van der Waals surface area (Å²) in [6.45, 7) is 4.84. The third-order valence-electron chi connectivity index (χ3n) is 6.17. The van der Waals surface area contributed by atoms with Crippen LogP contribution in [0.15, 0.2) is 96.1 Å². The lowest BCUT2D eigenvalue weighted by molar-refractivity contribution is -0.168. The SMILES string of the molecule is C1=Cc2ccccc2NN=C1.CCC(=O)O[C@](Cc1ccccc1)(c1ccccc1)[C@H](C)CN(C)C. The number of rotatable bonds is 8.